The molecule has 2 aromatic rings. The molecule has 5 rings (SSSR count). The van der Waals surface area contributed by atoms with E-state index in [4.69, 9.17) is 4.74 Å². The molecule has 0 bridgehead atoms. The molecule has 7 nitrogen and oxygen atoms in total. The zero-order valence-corrected chi connectivity index (χ0v) is 19.0. The first-order valence-electron chi connectivity index (χ1n) is 11.7. The molecule has 3 aliphatic rings. The quantitative estimate of drug-likeness (QED) is 0.545. The molecule has 0 saturated heterocycles. The Morgan fingerprint density at radius 1 is 1.00 bits per heavy atom. The van der Waals surface area contributed by atoms with E-state index in [0.29, 0.717) is 6.42 Å². The molecule has 34 heavy (non-hydrogen) atoms. The van der Waals surface area contributed by atoms with Gasteiger partial charge < -0.3 is 20.5 Å². The van der Waals surface area contributed by atoms with Gasteiger partial charge in [-0.3, -0.25) is 4.79 Å². The number of carbonyl (C=O) groups excluding carboxylic acids is 2. The Kier molecular flexibility index (Phi) is 5.63. The van der Waals surface area contributed by atoms with Crippen molar-refractivity contribution in [3.8, 4) is 11.1 Å². The minimum absolute atomic E-state index is 0.0214. The predicted octanol–water partition coefficient (Wildman–Crippen LogP) is 3.84. The Bertz CT molecular complexity index is 1130. The van der Waals surface area contributed by atoms with Crippen molar-refractivity contribution in [2.45, 2.75) is 43.7 Å². The minimum Gasteiger partial charge on any atom is -0.480 e. The van der Waals surface area contributed by atoms with E-state index in [1.165, 1.54) is 11.1 Å². The number of rotatable bonds is 7. The molecule has 176 valence electrons. The molecule has 2 amide bonds. The van der Waals surface area contributed by atoms with Crippen LogP contribution in [-0.2, 0) is 14.3 Å². The summed E-state index contributed by atoms with van der Waals surface area (Å²) in [6.07, 6.45) is 4.92. The first-order chi connectivity index (χ1) is 16.4. The molecule has 0 spiro atoms. The maximum Gasteiger partial charge on any atom is 0.407 e. The molecule has 2 aromatic carbocycles. The van der Waals surface area contributed by atoms with Crippen LogP contribution in [0.1, 0.15) is 43.2 Å². The van der Waals surface area contributed by atoms with Crippen molar-refractivity contribution in [3.63, 3.8) is 0 Å². The second-order valence-electron chi connectivity index (χ2n) is 9.57. The van der Waals surface area contributed by atoms with Crippen LogP contribution in [0.25, 0.3) is 11.1 Å². The first kappa shape index (κ1) is 22.2. The molecule has 0 heterocycles. The number of benzene rings is 2. The summed E-state index contributed by atoms with van der Waals surface area (Å²) < 4.78 is 5.59. The zero-order valence-electron chi connectivity index (χ0n) is 19.0. The largest absolute Gasteiger partial charge is 0.480 e. The van der Waals surface area contributed by atoms with E-state index in [9.17, 15) is 19.5 Å². The van der Waals surface area contributed by atoms with Gasteiger partial charge in [0, 0.05) is 5.92 Å². The standard InChI is InChI=1S/C27H28N2O5/c1-27(25(31)32,17-11-12-17)29-24(30)16-10-13-18(14-16)28-26(33)34-15-23-21-8-4-2-6-19(21)20-7-3-5-9-22(20)23/h2-10,13,16-18,23H,11-12,14-15H2,1H3,(H,28,33)(H,29,30)(H,31,32). The van der Waals surface area contributed by atoms with Crippen LogP contribution >= 0.6 is 0 Å². The summed E-state index contributed by atoms with van der Waals surface area (Å²) >= 11 is 0. The van der Waals surface area contributed by atoms with Gasteiger partial charge in [-0.1, -0.05) is 60.7 Å². The molecule has 0 aromatic heterocycles. The number of nitrogens with one attached hydrogen (secondary N) is 2. The van der Waals surface area contributed by atoms with Crippen molar-refractivity contribution < 1.29 is 24.2 Å². The number of hydrogen-bond acceptors (Lipinski definition) is 4. The topological polar surface area (TPSA) is 105 Å². The number of amides is 2. The Morgan fingerprint density at radius 3 is 2.21 bits per heavy atom. The van der Waals surface area contributed by atoms with Crippen molar-refractivity contribution in [2.24, 2.45) is 11.8 Å². The molecule has 1 saturated carbocycles. The number of carboxylic acids is 1. The fraction of sp³-hybridized carbons (Fsp3) is 0.370. The number of aliphatic carboxylic acids is 1. The Morgan fingerprint density at radius 2 is 1.62 bits per heavy atom. The summed E-state index contributed by atoms with van der Waals surface area (Å²) in [6, 6.07) is 16.0. The molecule has 3 unspecified atom stereocenters. The summed E-state index contributed by atoms with van der Waals surface area (Å²) in [5.41, 5.74) is 3.37. The number of hydrogen-bond donors (Lipinski definition) is 3. The normalized spacial score (nSPS) is 22.4. The van der Waals surface area contributed by atoms with E-state index in [1.54, 1.807) is 19.1 Å². The predicted molar refractivity (Wildman–Crippen MR) is 126 cm³/mol. The van der Waals surface area contributed by atoms with Gasteiger partial charge in [0.25, 0.3) is 0 Å². The Hall–Kier alpha value is -3.61. The van der Waals surface area contributed by atoms with Crippen LogP contribution in [0.5, 0.6) is 0 Å². The van der Waals surface area contributed by atoms with Crippen molar-refractivity contribution in [3.05, 3.63) is 71.8 Å². The van der Waals surface area contributed by atoms with E-state index in [1.807, 2.05) is 24.3 Å². The maximum absolute atomic E-state index is 12.7. The maximum atomic E-state index is 12.7. The molecule has 7 heteroatoms. The molecule has 3 aliphatic carbocycles. The van der Waals surface area contributed by atoms with Crippen LogP contribution in [0.15, 0.2) is 60.7 Å². The molecular formula is C27H28N2O5. The lowest BCUT2D eigenvalue weighted by Gasteiger charge is -2.27. The van der Waals surface area contributed by atoms with Gasteiger partial charge in [-0.25, -0.2) is 9.59 Å². The van der Waals surface area contributed by atoms with Crippen LogP contribution in [0.2, 0.25) is 0 Å². The van der Waals surface area contributed by atoms with Crippen LogP contribution in [0.4, 0.5) is 4.79 Å². The SMILES string of the molecule is CC(NC(=O)C1C=CC(NC(=O)OCC2c3ccccc3-c3ccccc32)C1)(C(=O)O)C1CC1. The van der Waals surface area contributed by atoms with Crippen LogP contribution < -0.4 is 10.6 Å². The third-order valence-corrected chi connectivity index (χ3v) is 7.29. The highest BCUT2D eigenvalue weighted by Gasteiger charge is 2.49. The lowest BCUT2D eigenvalue weighted by atomic mass is 9.94. The summed E-state index contributed by atoms with van der Waals surface area (Å²) in [5, 5.41) is 15.1. The summed E-state index contributed by atoms with van der Waals surface area (Å²) in [6.45, 7) is 1.79. The number of fused-ring (bicyclic) bond motifs is 3. The van der Waals surface area contributed by atoms with Crippen LogP contribution in [0, 0.1) is 11.8 Å². The van der Waals surface area contributed by atoms with Gasteiger partial charge in [0.1, 0.15) is 12.1 Å². The second-order valence-corrected chi connectivity index (χ2v) is 9.57. The number of carbonyl (C=O) groups is 3. The lowest BCUT2D eigenvalue weighted by molar-refractivity contribution is -0.148. The van der Waals surface area contributed by atoms with E-state index in [-0.39, 0.29) is 30.4 Å². The fourth-order valence-corrected chi connectivity index (χ4v) is 5.13. The van der Waals surface area contributed by atoms with E-state index >= 15 is 0 Å². The van der Waals surface area contributed by atoms with Crippen molar-refractivity contribution in [1.29, 1.82) is 0 Å². The molecule has 0 radical (unpaired) electrons. The average Bonchev–Trinajstić information content (AvgIpc) is 3.51. The number of ether oxygens (including phenoxy) is 1. The number of alkyl carbamates (subject to hydrolysis) is 1. The molecule has 3 N–H and O–H groups in total. The zero-order chi connectivity index (χ0) is 23.9. The summed E-state index contributed by atoms with van der Waals surface area (Å²) in [7, 11) is 0. The van der Waals surface area contributed by atoms with Gasteiger partial charge in [-0.2, -0.15) is 0 Å². The van der Waals surface area contributed by atoms with Gasteiger partial charge >= 0.3 is 12.1 Å². The highest BCUT2D eigenvalue weighted by molar-refractivity contribution is 5.89. The molecule has 0 aliphatic heterocycles. The average molecular weight is 461 g/mol. The van der Waals surface area contributed by atoms with Crippen molar-refractivity contribution in [2.75, 3.05) is 6.61 Å². The highest BCUT2D eigenvalue weighted by Crippen LogP contribution is 2.44. The van der Waals surface area contributed by atoms with Crippen molar-refractivity contribution >= 4 is 18.0 Å². The molecular weight excluding hydrogens is 432 g/mol. The summed E-state index contributed by atoms with van der Waals surface area (Å²) in [5.74, 6) is -1.89. The smallest absolute Gasteiger partial charge is 0.407 e. The minimum atomic E-state index is -1.25. The Labute approximate surface area is 198 Å². The summed E-state index contributed by atoms with van der Waals surface area (Å²) in [4.78, 5) is 36.9. The fourth-order valence-electron chi connectivity index (χ4n) is 5.13. The van der Waals surface area contributed by atoms with E-state index in [2.05, 4.69) is 34.9 Å². The van der Waals surface area contributed by atoms with Gasteiger partial charge in [-0.05, 0) is 54.4 Å². The second kappa shape index (κ2) is 8.63. The van der Waals surface area contributed by atoms with E-state index in [0.717, 1.165) is 24.0 Å². The number of carboxylic acid groups (broad SMARTS) is 1. The molecule has 3 atom stereocenters. The Balaban J connectivity index is 1.15. The highest BCUT2D eigenvalue weighted by atomic mass is 16.5. The van der Waals surface area contributed by atoms with Gasteiger partial charge in [0.05, 0.1) is 12.0 Å². The van der Waals surface area contributed by atoms with Gasteiger partial charge in [0.15, 0.2) is 0 Å². The van der Waals surface area contributed by atoms with Crippen molar-refractivity contribution in [1.82, 2.24) is 10.6 Å². The molecule has 1 fully saturated rings. The third-order valence-electron chi connectivity index (χ3n) is 7.29. The van der Waals surface area contributed by atoms with Crippen LogP contribution in [0.3, 0.4) is 0 Å². The van der Waals surface area contributed by atoms with Gasteiger partial charge in [-0.15, -0.1) is 0 Å². The van der Waals surface area contributed by atoms with Gasteiger partial charge in [0.2, 0.25) is 5.91 Å². The van der Waals surface area contributed by atoms with Crippen LogP contribution in [-0.4, -0.2) is 41.3 Å². The monoisotopic (exact) mass is 460 g/mol. The third kappa shape index (κ3) is 4.06. The first-order valence-corrected chi connectivity index (χ1v) is 11.7. The van der Waals surface area contributed by atoms with E-state index < -0.39 is 23.5 Å². The lowest BCUT2D eigenvalue weighted by Crippen LogP contribution is -2.55.